The molecule has 3 atom stereocenters. The summed E-state index contributed by atoms with van der Waals surface area (Å²) in [5.74, 6) is 0.500. The van der Waals surface area contributed by atoms with Crippen molar-refractivity contribution in [3.05, 3.63) is 0 Å². The highest BCUT2D eigenvalue weighted by Gasteiger charge is 2.23. The van der Waals surface area contributed by atoms with Crippen LogP contribution in [0, 0.1) is 5.92 Å². The van der Waals surface area contributed by atoms with Crippen molar-refractivity contribution in [2.75, 3.05) is 6.54 Å². The molecule has 1 aliphatic heterocycles. The van der Waals surface area contributed by atoms with Crippen LogP contribution in [0.5, 0.6) is 0 Å². The molecule has 0 radical (unpaired) electrons. The topological polar surface area (TPSA) is 41.1 Å². The summed E-state index contributed by atoms with van der Waals surface area (Å²) in [6.07, 6.45) is 6.48. The average molecular weight is 277 g/mol. The monoisotopic (exact) mass is 276 g/mol. The van der Waals surface area contributed by atoms with Crippen molar-refractivity contribution in [1.29, 1.82) is 0 Å². The van der Waals surface area contributed by atoms with E-state index in [1.54, 1.807) is 0 Å². The summed E-state index contributed by atoms with van der Waals surface area (Å²) in [5, 5.41) is 6.64. The molecule has 0 aromatic carbocycles. The molecule has 3 nitrogen and oxygen atoms in total. The lowest BCUT2D eigenvalue weighted by atomic mass is 9.96. The Morgan fingerprint density at radius 3 is 2.72 bits per heavy atom. The largest absolute Gasteiger partial charge is 0.353 e. The molecule has 0 saturated carbocycles. The average Bonchev–Trinajstić information content (AvgIpc) is 2.30. The van der Waals surface area contributed by atoms with E-state index in [1.165, 1.54) is 6.42 Å². The summed E-state index contributed by atoms with van der Waals surface area (Å²) >= 11 is 0. The summed E-state index contributed by atoms with van der Waals surface area (Å²) in [5.41, 5.74) is 0. The van der Waals surface area contributed by atoms with Gasteiger partial charge in [0.25, 0.3) is 0 Å². The Morgan fingerprint density at radius 2 is 2.17 bits per heavy atom. The number of amides is 1. The number of carbonyl (C=O) groups excluding carboxylic acids is 1. The van der Waals surface area contributed by atoms with E-state index in [0.29, 0.717) is 12.1 Å². The molecule has 0 aromatic heterocycles. The quantitative estimate of drug-likeness (QED) is 0.783. The zero-order valence-electron chi connectivity index (χ0n) is 12.0. The van der Waals surface area contributed by atoms with E-state index in [-0.39, 0.29) is 24.2 Å². The van der Waals surface area contributed by atoms with Crippen LogP contribution in [0.25, 0.3) is 0 Å². The number of carbonyl (C=O) groups is 1. The van der Waals surface area contributed by atoms with E-state index in [9.17, 15) is 4.79 Å². The fraction of sp³-hybridized carbons (Fsp3) is 0.929. The van der Waals surface area contributed by atoms with Gasteiger partial charge in [-0.1, -0.05) is 26.7 Å². The van der Waals surface area contributed by atoms with Gasteiger partial charge in [-0.05, 0) is 39.2 Å². The van der Waals surface area contributed by atoms with E-state index < -0.39 is 0 Å². The molecule has 1 aliphatic rings. The Kier molecular flexibility index (Phi) is 9.47. The van der Waals surface area contributed by atoms with Gasteiger partial charge in [-0.15, -0.1) is 12.4 Å². The number of unbranched alkanes of at least 4 members (excludes halogenated alkanes) is 1. The lowest BCUT2D eigenvalue weighted by molar-refractivity contribution is -0.126. The van der Waals surface area contributed by atoms with Gasteiger partial charge in [0.15, 0.2) is 0 Å². The standard InChI is InChI=1S/C14H28N2O.ClH/c1-4-6-7-12(5-2)14(17)16-13-8-9-15-11(3)10-13;/h11-13,15H,4-10H2,1-3H3,(H,16,17);1H. The maximum absolute atomic E-state index is 12.1. The molecule has 1 fully saturated rings. The molecule has 1 rings (SSSR count). The summed E-state index contributed by atoms with van der Waals surface area (Å²) in [7, 11) is 0. The first-order valence-electron chi connectivity index (χ1n) is 7.21. The van der Waals surface area contributed by atoms with Crippen LogP contribution in [0.4, 0.5) is 0 Å². The van der Waals surface area contributed by atoms with Gasteiger partial charge < -0.3 is 10.6 Å². The Balaban J connectivity index is 0.00000289. The third-order valence-corrected chi connectivity index (χ3v) is 3.74. The minimum atomic E-state index is 0. The number of rotatable bonds is 6. The number of hydrogen-bond donors (Lipinski definition) is 2. The van der Waals surface area contributed by atoms with E-state index >= 15 is 0 Å². The minimum absolute atomic E-state index is 0. The Hall–Kier alpha value is -0.280. The molecule has 0 aromatic rings. The van der Waals surface area contributed by atoms with Crippen LogP contribution in [0.2, 0.25) is 0 Å². The van der Waals surface area contributed by atoms with Crippen LogP contribution in [-0.2, 0) is 4.79 Å². The van der Waals surface area contributed by atoms with Gasteiger partial charge in [-0.2, -0.15) is 0 Å². The smallest absolute Gasteiger partial charge is 0.223 e. The van der Waals surface area contributed by atoms with Crippen LogP contribution in [0.15, 0.2) is 0 Å². The molecule has 0 bridgehead atoms. The van der Waals surface area contributed by atoms with Gasteiger partial charge in [0.1, 0.15) is 0 Å². The molecule has 2 N–H and O–H groups in total. The maximum atomic E-state index is 12.1. The highest BCUT2D eigenvalue weighted by Crippen LogP contribution is 2.15. The van der Waals surface area contributed by atoms with Gasteiger partial charge in [0.05, 0.1) is 0 Å². The highest BCUT2D eigenvalue weighted by atomic mass is 35.5. The lowest BCUT2D eigenvalue weighted by Gasteiger charge is -2.30. The number of piperidine rings is 1. The SMILES string of the molecule is CCCCC(CC)C(=O)NC1CCNC(C)C1.Cl. The number of halogens is 1. The second-order valence-electron chi connectivity index (χ2n) is 5.33. The van der Waals surface area contributed by atoms with Crippen LogP contribution in [0.1, 0.15) is 59.3 Å². The molecule has 1 amide bonds. The zero-order valence-corrected chi connectivity index (χ0v) is 12.8. The number of nitrogens with one attached hydrogen (secondary N) is 2. The van der Waals surface area contributed by atoms with Crippen molar-refractivity contribution in [2.24, 2.45) is 5.92 Å². The molecular weight excluding hydrogens is 248 g/mol. The predicted octanol–water partition coefficient (Wildman–Crippen LogP) is 2.88. The fourth-order valence-corrected chi connectivity index (χ4v) is 2.55. The first-order valence-corrected chi connectivity index (χ1v) is 7.21. The third kappa shape index (κ3) is 6.05. The Morgan fingerprint density at radius 1 is 1.44 bits per heavy atom. The normalized spacial score (nSPS) is 25.1. The van der Waals surface area contributed by atoms with Gasteiger partial charge in [0.2, 0.25) is 5.91 Å². The molecule has 18 heavy (non-hydrogen) atoms. The van der Waals surface area contributed by atoms with Crippen molar-refractivity contribution in [2.45, 2.75) is 71.4 Å². The second-order valence-corrected chi connectivity index (χ2v) is 5.33. The first-order chi connectivity index (χ1) is 8.17. The lowest BCUT2D eigenvalue weighted by Crippen LogP contribution is -2.48. The van der Waals surface area contributed by atoms with Crippen molar-refractivity contribution >= 4 is 18.3 Å². The fourth-order valence-electron chi connectivity index (χ4n) is 2.55. The number of hydrogen-bond acceptors (Lipinski definition) is 2. The van der Waals surface area contributed by atoms with Crippen LogP contribution < -0.4 is 10.6 Å². The molecule has 0 aliphatic carbocycles. The molecule has 1 saturated heterocycles. The van der Waals surface area contributed by atoms with Gasteiger partial charge in [-0.3, -0.25) is 4.79 Å². The molecule has 3 unspecified atom stereocenters. The van der Waals surface area contributed by atoms with Gasteiger partial charge >= 0.3 is 0 Å². The van der Waals surface area contributed by atoms with Crippen molar-refractivity contribution in [3.63, 3.8) is 0 Å². The molecule has 4 heteroatoms. The van der Waals surface area contributed by atoms with E-state index in [1.807, 2.05) is 0 Å². The third-order valence-electron chi connectivity index (χ3n) is 3.74. The molecule has 108 valence electrons. The summed E-state index contributed by atoms with van der Waals surface area (Å²) in [6.45, 7) is 7.51. The van der Waals surface area contributed by atoms with Gasteiger partial charge in [-0.25, -0.2) is 0 Å². The molecule has 1 heterocycles. The minimum Gasteiger partial charge on any atom is -0.353 e. The van der Waals surface area contributed by atoms with Gasteiger partial charge in [0, 0.05) is 18.0 Å². The van der Waals surface area contributed by atoms with Crippen molar-refractivity contribution < 1.29 is 4.79 Å². The zero-order chi connectivity index (χ0) is 12.7. The Bertz CT molecular complexity index is 236. The first kappa shape index (κ1) is 17.7. The summed E-state index contributed by atoms with van der Waals surface area (Å²) < 4.78 is 0. The van der Waals surface area contributed by atoms with Crippen LogP contribution in [-0.4, -0.2) is 24.5 Å². The predicted molar refractivity (Wildman–Crippen MR) is 79.2 cm³/mol. The van der Waals surface area contributed by atoms with E-state index in [0.717, 1.165) is 38.6 Å². The maximum Gasteiger partial charge on any atom is 0.223 e. The Labute approximate surface area is 118 Å². The second kappa shape index (κ2) is 9.62. The van der Waals surface area contributed by atoms with E-state index in [4.69, 9.17) is 0 Å². The van der Waals surface area contributed by atoms with Crippen molar-refractivity contribution in [1.82, 2.24) is 10.6 Å². The van der Waals surface area contributed by atoms with Crippen molar-refractivity contribution in [3.8, 4) is 0 Å². The van der Waals surface area contributed by atoms with Crippen LogP contribution in [0.3, 0.4) is 0 Å². The highest BCUT2D eigenvalue weighted by molar-refractivity contribution is 5.85. The summed E-state index contributed by atoms with van der Waals surface area (Å²) in [4.78, 5) is 12.1. The van der Waals surface area contributed by atoms with Crippen LogP contribution >= 0.6 is 12.4 Å². The molecular formula is C14H29ClN2O. The summed E-state index contributed by atoms with van der Waals surface area (Å²) in [6, 6.07) is 0.916. The van der Waals surface area contributed by atoms with E-state index in [2.05, 4.69) is 31.4 Å². The molecule has 0 spiro atoms.